The Hall–Kier alpha value is -2.13. The maximum Gasteiger partial charge on any atom is 0.330 e. The van der Waals surface area contributed by atoms with Gasteiger partial charge in [0.25, 0.3) is 5.56 Å². The molecule has 164 valence electrons. The van der Waals surface area contributed by atoms with Crippen LogP contribution in [0.15, 0.2) is 9.59 Å². The molecule has 0 aliphatic rings. The third-order valence-corrected chi connectivity index (χ3v) is 4.58. The highest BCUT2D eigenvalue weighted by Crippen LogP contribution is 2.16. The number of carbonyl (C=O) groups is 1. The molecule has 0 spiro atoms. The highest BCUT2D eigenvalue weighted by molar-refractivity contribution is 5.85. The van der Waals surface area contributed by atoms with Crippen LogP contribution in [0.2, 0.25) is 0 Å². The van der Waals surface area contributed by atoms with Gasteiger partial charge in [-0.2, -0.15) is 0 Å². The molecule has 9 nitrogen and oxygen atoms in total. The molecule has 0 aliphatic heterocycles. The van der Waals surface area contributed by atoms with E-state index in [4.69, 9.17) is 5.73 Å². The number of nitrogens with zero attached hydrogens (tertiary/aromatic N) is 3. The fourth-order valence-corrected chi connectivity index (χ4v) is 3.13. The first kappa shape index (κ1) is 24.9. The number of amides is 1. The zero-order chi connectivity index (χ0) is 20.8. The number of hydrogen-bond acceptors (Lipinski definition) is 5. The van der Waals surface area contributed by atoms with Crippen LogP contribution in [-0.4, -0.2) is 37.6 Å². The number of rotatable bonds is 10. The summed E-state index contributed by atoms with van der Waals surface area (Å²) < 4.78 is 3.37. The molecular formula is C19H33ClN6O3. The first-order valence-corrected chi connectivity index (χ1v) is 10.00. The van der Waals surface area contributed by atoms with Gasteiger partial charge in [0.05, 0.1) is 0 Å². The van der Waals surface area contributed by atoms with E-state index in [2.05, 4.69) is 15.3 Å². The number of hydrogen-bond donors (Lipinski definition) is 3. The summed E-state index contributed by atoms with van der Waals surface area (Å²) in [6, 6.07) is -0.0935. The van der Waals surface area contributed by atoms with Crippen molar-refractivity contribution in [3.05, 3.63) is 26.7 Å². The minimum absolute atomic E-state index is 0. The maximum atomic E-state index is 12.5. The quantitative estimate of drug-likeness (QED) is 0.523. The Bertz CT molecular complexity index is 930. The number of aromatic nitrogens is 4. The number of fused-ring (bicyclic) bond motifs is 1. The number of aromatic amines is 1. The Morgan fingerprint density at radius 3 is 2.52 bits per heavy atom. The molecule has 0 saturated heterocycles. The summed E-state index contributed by atoms with van der Waals surface area (Å²) in [5.74, 6) is 0.802. The van der Waals surface area contributed by atoms with Crippen molar-refractivity contribution in [3.63, 3.8) is 0 Å². The van der Waals surface area contributed by atoms with Crippen molar-refractivity contribution in [2.75, 3.05) is 6.54 Å². The Balaban J connectivity index is 0.00000420. The first-order chi connectivity index (χ1) is 13.3. The van der Waals surface area contributed by atoms with Gasteiger partial charge in [-0.3, -0.25) is 19.1 Å². The van der Waals surface area contributed by atoms with E-state index in [1.54, 1.807) is 0 Å². The van der Waals surface area contributed by atoms with E-state index in [0.717, 1.165) is 12.8 Å². The highest BCUT2D eigenvalue weighted by Gasteiger charge is 2.20. The van der Waals surface area contributed by atoms with Gasteiger partial charge in [0.2, 0.25) is 5.91 Å². The Morgan fingerprint density at radius 1 is 1.24 bits per heavy atom. The van der Waals surface area contributed by atoms with Gasteiger partial charge in [0.15, 0.2) is 11.2 Å². The molecule has 1 amide bonds. The zero-order valence-electron chi connectivity index (χ0n) is 17.7. The van der Waals surface area contributed by atoms with Gasteiger partial charge in [-0.05, 0) is 19.3 Å². The minimum Gasteiger partial charge on any atom is -0.352 e. The van der Waals surface area contributed by atoms with E-state index < -0.39 is 11.2 Å². The lowest BCUT2D eigenvalue weighted by Gasteiger charge is -2.13. The van der Waals surface area contributed by atoms with Crippen molar-refractivity contribution in [2.24, 2.45) is 11.7 Å². The van der Waals surface area contributed by atoms with Crippen LogP contribution in [0.25, 0.3) is 11.2 Å². The SMILES string of the molecule is CCCCn1c(=O)[nH]c(=O)c2c1nc(CCC(=O)N[C@@H](C)CN)n2CC(C)C.Cl. The first-order valence-electron chi connectivity index (χ1n) is 10.00. The molecule has 1 atom stereocenters. The van der Waals surface area contributed by atoms with Crippen molar-refractivity contribution < 1.29 is 4.79 Å². The lowest BCUT2D eigenvalue weighted by molar-refractivity contribution is -0.121. The van der Waals surface area contributed by atoms with Crippen LogP contribution in [0.3, 0.4) is 0 Å². The van der Waals surface area contributed by atoms with Crippen LogP contribution < -0.4 is 22.3 Å². The zero-order valence-corrected chi connectivity index (χ0v) is 18.5. The van der Waals surface area contributed by atoms with Crippen molar-refractivity contribution in [2.45, 2.75) is 72.5 Å². The van der Waals surface area contributed by atoms with Gasteiger partial charge >= 0.3 is 5.69 Å². The molecule has 0 fully saturated rings. The van der Waals surface area contributed by atoms with Crippen molar-refractivity contribution in [1.29, 1.82) is 0 Å². The van der Waals surface area contributed by atoms with Gasteiger partial charge in [-0.15, -0.1) is 12.4 Å². The third kappa shape index (κ3) is 6.17. The Kier molecular flexibility index (Phi) is 9.58. The molecular weight excluding hydrogens is 396 g/mol. The van der Waals surface area contributed by atoms with Crippen molar-refractivity contribution in [1.82, 2.24) is 24.4 Å². The molecule has 2 heterocycles. The molecule has 0 aromatic carbocycles. The van der Waals surface area contributed by atoms with Crippen LogP contribution >= 0.6 is 12.4 Å². The standard InChI is InChI=1S/C19H32N6O3.ClH/c1-5-6-9-24-17-16(18(27)23-19(24)28)25(11-12(2)3)14(22-17)7-8-15(26)21-13(4)10-20;/h12-13H,5-11,20H2,1-4H3,(H,21,26)(H,23,27,28);1H/t13-;/m0./s1. The normalized spacial score (nSPS) is 12.2. The smallest absolute Gasteiger partial charge is 0.330 e. The number of imidazole rings is 1. The van der Waals surface area contributed by atoms with Gasteiger partial charge in [0.1, 0.15) is 5.82 Å². The van der Waals surface area contributed by atoms with Gasteiger partial charge in [0, 0.05) is 38.5 Å². The summed E-state index contributed by atoms with van der Waals surface area (Å²) >= 11 is 0. The highest BCUT2D eigenvalue weighted by atomic mass is 35.5. The molecule has 2 aromatic heterocycles. The van der Waals surface area contributed by atoms with Crippen molar-refractivity contribution >= 4 is 29.5 Å². The van der Waals surface area contributed by atoms with E-state index in [9.17, 15) is 14.4 Å². The van der Waals surface area contributed by atoms with E-state index in [0.29, 0.717) is 43.0 Å². The average Bonchev–Trinajstić information content (AvgIpc) is 2.97. The second-order valence-corrected chi connectivity index (χ2v) is 7.67. The summed E-state index contributed by atoms with van der Waals surface area (Å²) in [6.07, 6.45) is 2.35. The fourth-order valence-electron chi connectivity index (χ4n) is 3.13. The van der Waals surface area contributed by atoms with Crippen LogP contribution in [0.5, 0.6) is 0 Å². The number of unbranched alkanes of at least 4 members (excludes halogenated alkanes) is 1. The van der Waals surface area contributed by atoms with Crippen LogP contribution in [0, 0.1) is 5.92 Å². The van der Waals surface area contributed by atoms with Crippen LogP contribution in [0.1, 0.15) is 52.8 Å². The second-order valence-electron chi connectivity index (χ2n) is 7.67. The lowest BCUT2D eigenvalue weighted by atomic mass is 10.2. The number of carbonyl (C=O) groups excluding carboxylic acids is 1. The number of nitrogens with one attached hydrogen (secondary N) is 2. The Morgan fingerprint density at radius 2 is 1.93 bits per heavy atom. The van der Waals surface area contributed by atoms with E-state index in [1.165, 1.54) is 4.57 Å². The summed E-state index contributed by atoms with van der Waals surface area (Å²) in [4.78, 5) is 44.0. The number of aryl methyl sites for hydroxylation is 2. The molecule has 2 aromatic rings. The molecule has 2 rings (SSSR count). The number of nitrogens with two attached hydrogens (primary N) is 1. The summed E-state index contributed by atoms with van der Waals surface area (Å²) in [5.41, 5.74) is 5.46. The summed E-state index contributed by atoms with van der Waals surface area (Å²) in [7, 11) is 0. The van der Waals surface area contributed by atoms with Gasteiger partial charge in [-0.25, -0.2) is 9.78 Å². The van der Waals surface area contributed by atoms with Crippen molar-refractivity contribution in [3.8, 4) is 0 Å². The largest absolute Gasteiger partial charge is 0.352 e. The molecule has 10 heteroatoms. The molecule has 29 heavy (non-hydrogen) atoms. The number of H-pyrrole nitrogens is 1. The minimum atomic E-state index is -0.443. The summed E-state index contributed by atoms with van der Waals surface area (Å²) in [5, 5.41) is 2.83. The van der Waals surface area contributed by atoms with Gasteiger partial charge < -0.3 is 15.6 Å². The molecule has 0 radical (unpaired) electrons. The lowest BCUT2D eigenvalue weighted by Crippen LogP contribution is -2.37. The average molecular weight is 429 g/mol. The van der Waals surface area contributed by atoms with E-state index >= 15 is 0 Å². The molecule has 0 aliphatic carbocycles. The molecule has 0 saturated carbocycles. The number of halogens is 1. The van der Waals surface area contributed by atoms with E-state index in [1.807, 2.05) is 32.3 Å². The molecule has 0 bridgehead atoms. The van der Waals surface area contributed by atoms with Gasteiger partial charge in [-0.1, -0.05) is 27.2 Å². The molecule has 0 unspecified atom stereocenters. The van der Waals surface area contributed by atoms with E-state index in [-0.39, 0.29) is 36.7 Å². The predicted octanol–water partition coefficient (Wildman–Crippen LogP) is 1.16. The topological polar surface area (TPSA) is 128 Å². The fraction of sp³-hybridized carbons (Fsp3) is 0.684. The monoisotopic (exact) mass is 428 g/mol. The molecule has 4 N–H and O–H groups in total. The second kappa shape index (κ2) is 11.2. The summed E-state index contributed by atoms with van der Waals surface area (Å²) in [6.45, 7) is 9.43. The predicted molar refractivity (Wildman–Crippen MR) is 117 cm³/mol. The maximum absolute atomic E-state index is 12.5. The third-order valence-electron chi connectivity index (χ3n) is 4.58. The van der Waals surface area contributed by atoms with Crippen LogP contribution in [-0.2, 0) is 24.3 Å². The Labute approximate surface area is 176 Å². The van der Waals surface area contributed by atoms with Crippen LogP contribution in [0.4, 0.5) is 0 Å².